The molecule has 9 nitrogen and oxygen atoms in total. The minimum Gasteiger partial charge on any atom is -0.303 e. The molecule has 9 heteroatoms. The van der Waals surface area contributed by atoms with Gasteiger partial charge in [-0.1, -0.05) is 0 Å². The Balaban J connectivity index is 1.75. The second kappa shape index (κ2) is 4.91. The lowest BCUT2D eigenvalue weighted by atomic mass is 10.2. The number of hydrogen-bond donors (Lipinski definition) is 1. The molecule has 2 aromatic heterocycles. The van der Waals surface area contributed by atoms with Crippen LogP contribution in [-0.4, -0.2) is 35.0 Å². The molecule has 0 aliphatic carbocycles. The quantitative estimate of drug-likeness (QED) is 0.787. The van der Waals surface area contributed by atoms with Crippen molar-refractivity contribution in [3.05, 3.63) is 22.6 Å². The zero-order valence-electron chi connectivity index (χ0n) is 11.1. The molecule has 0 saturated carbocycles. The highest BCUT2D eigenvalue weighted by molar-refractivity contribution is 5.88. The number of nitrogens with zero attached hydrogens (tertiary/aromatic N) is 6. The van der Waals surface area contributed by atoms with Crippen LogP contribution in [0.15, 0.2) is 11.1 Å². The zero-order chi connectivity index (χ0) is 14.1. The van der Waals surface area contributed by atoms with E-state index in [9.17, 15) is 9.59 Å². The van der Waals surface area contributed by atoms with Gasteiger partial charge in [-0.2, -0.15) is 5.10 Å². The molecule has 1 aliphatic heterocycles. The molecule has 0 radical (unpaired) electrons. The van der Waals surface area contributed by atoms with E-state index in [0.717, 1.165) is 25.1 Å². The number of nitrogens with one attached hydrogen (secondary N) is 1. The fourth-order valence-corrected chi connectivity index (χ4v) is 2.25. The van der Waals surface area contributed by atoms with Gasteiger partial charge in [0, 0.05) is 20.0 Å². The Morgan fingerprint density at radius 1 is 1.45 bits per heavy atom. The summed E-state index contributed by atoms with van der Waals surface area (Å²) in [5.74, 6) is 0.748. The van der Waals surface area contributed by atoms with Gasteiger partial charge in [0.1, 0.15) is 18.7 Å². The molecule has 0 unspecified atom stereocenters. The van der Waals surface area contributed by atoms with Gasteiger partial charge < -0.3 is 4.57 Å². The third-order valence-electron chi connectivity index (χ3n) is 3.29. The first-order valence-corrected chi connectivity index (χ1v) is 6.45. The predicted octanol–water partition coefficient (Wildman–Crippen LogP) is -0.852. The van der Waals surface area contributed by atoms with Gasteiger partial charge in [0.2, 0.25) is 11.9 Å². The molecule has 3 heterocycles. The highest BCUT2D eigenvalue weighted by Crippen LogP contribution is 2.09. The standard InChI is InChI=1S/C11H15N7O2/c1-16-7-12-14-10(16)13-9(19)6-18-11(20)17-5-3-2-4-8(17)15-18/h7H,2-6H2,1H3,(H,13,14,19). The molecular weight excluding hydrogens is 262 g/mol. The Bertz CT molecular complexity index is 696. The van der Waals surface area contributed by atoms with Crippen molar-refractivity contribution in [2.45, 2.75) is 32.4 Å². The van der Waals surface area contributed by atoms with E-state index in [1.807, 2.05) is 0 Å². The average Bonchev–Trinajstić information content (AvgIpc) is 2.96. The third-order valence-corrected chi connectivity index (χ3v) is 3.29. The number of aromatic nitrogens is 6. The zero-order valence-corrected chi connectivity index (χ0v) is 11.1. The Labute approximate surface area is 114 Å². The van der Waals surface area contributed by atoms with Gasteiger partial charge in [0.15, 0.2) is 0 Å². The molecule has 106 valence electrons. The molecule has 1 aliphatic rings. The van der Waals surface area contributed by atoms with Crippen molar-refractivity contribution < 1.29 is 4.79 Å². The maximum absolute atomic E-state index is 12.1. The summed E-state index contributed by atoms with van der Waals surface area (Å²) in [5.41, 5.74) is -0.229. The summed E-state index contributed by atoms with van der Waals surface area (Å²) in [6.45, 7) is 0.560. The second-order valence-electron chi connectivity index (χ2n) is 4.78. The summed E-state index contributed by atoms with van der Waals surface area (Å²) in [4.78, 5) is 24.0. The van der Waals surface area contributed by atoms with Crippen molar-refractivity contribution in [2.75, 3.05) is 5.32 Å². The van der Waals surface area contributed by atoms with Crippen LogP contribution >= 0.6 is 0 Å². The molecule has 0 bridgehead atoms. The van der Waals surface area contributed by atoms with E-state index in [-0.39, 0.29) is 18.1 Å². The van der Waals surface area contributed by atoms with E-state index in [1.54, 1.807) is 16.2 Å². The summed E-state index contributed by atoms with van der Waals surface area (Å²) >= 11 is 0. The van der Waals surface area contributed by atoms with Gasteiger partial charge in [0.05, 0.1) is 0 Å². The smallest absolute Gasteiger partial charge is 0.303 e. The monoisotopic (exact) mass is 277 g/mol. The summed E-state index contributed by atoms with van der Waals surface area (Å²) in [6.07, 6.45) is 4.27. The summed E-state index contributed by atoms with van der Waals surface area (Å²) in [7, 11) is 1.72. The predicted molar refractivity (Wildman–Crippen MR) is 69.1 cm³/mol. The molecule has 0 atom stereocenters. The maximum Gasteiger partial charge on any atom is 0.346 e. The largest absolute Gasteiger partial charge is 0.346 e. The topological polar surface area (TPSA) is 99.6 Å². The fraction of sp³-hybridized carbons (Fsp3) is 0.545. The first-order valence-electron chi connectivity index (χ1n) is 6.45. The molecule has 3 rings (SSSR count). The summed E-state index contributed by atoms with van der Waals surface area (Å²) in [6, 6.07) is 0. The number of carbonyl (C=O) groups is 1. The van der Waals surface area contributed by atoms with Crippen LogP contribution in [-0.2, 0) is 31.4 Å². The lowest BCUT2D eigenvalue weighted by molar-refractivity contribution is -0.117. The average molecular weight is 277 g/mol. The number of aryl methyl sites for hydroxylation is 2. The van der Waals surface area contributed by atoms with E-state index in [2.05, 4.69) is 20.6 Å². The number of fused-ring (bicyclic) bond motifs is 1. The maximum atomic E-state index is 12.1. The summed E-state index contributed by atoms with van der Waals surface area (Å²) < 4.78 is 4.42. The SMILES string of the molecule is Cn1cnnc1NC(=O)Cn1nc2n(c1=O)CCCC2. The van der Waals surface area contributed by atoms with Crippen LogP contribution in [0.25, 0.3) is 0 Å². The number of carbonyl (C=O) groups excluding carboxylic acids is 1. The third kappa shape index (κ3) is 2.22. The summed E-state index contributed by atoms with van der Waals surface area (Å²) in [5, 5.41) is 14.2. The van der Waals surface area contributed by atoms with E-state index in [0.29, 0.717) is 12.5 Å². The molecule has 0 aromatic carbocycles. The molecule has 0 fully saturated rings. The first-order chi connectivity index (χ1) is 9.65. The van der Waals surface area contributed by atoms with Crippen molar-refractivity contribution >= 4 is 11.9 Å². The number of anilines is 1. The van der Waals surface area contributed by atoms with E-state index < -0.39 is 0 Å². The molecule has 20 heavy (non-hydrogen) atoms. The van der Waals surface area contributed by atoms with Gasteiger partial charge in [-0.05, 0) is 12.8 Å². The minimum atomic E-state index is -0.348. The van der Waals surface area contributed by atoms with Crippen LogP contribution in [0.2, 0.25) is 0 Å². The molecule has 1 amide bonds. The van der Waals surface area contributed by atoms with Gasteiger partial charge in [-0.3, -0.25) is 14.7 Å². The van der Waals surface area contributed by atoms with Crippen molar-refractivity contribution in [3.63, 3.8) is 0 Å². The van der Waals surface area contributed by atoms with Crippen molar-refractivity contribution in [3.8, 4) is 0 Å². The second-order valence-corrected chi connectivity index (χ2v) is 4.78. The van der Waals surface area contributed by atoms with Crippen molar-refractivity contribution in [1.82, 2.24) is 29.1 Å². The van der Waals surface area contributed by atoms with Crippen LogP contribution in [0, 0.1) is 0 Å². The molecule has 2 aromatic rings. The van der Waals surface area contributed by atoms with Gasteiger partial charge in [-0.15, -0.1) is 10.2 Å². The van der Waals surface area contributed by atoms with Crippen LogP contribution in [0.4, 0.5) is 5.95 Å². The van der Waals surface area contributed by atoms with Crippen LogP contribution in [0.3, 0.4) is 0 Å². The van der Waals surface area contributed by atoms with Crippen LogP contribution < -0.4 is 11.0 Å². The van der Waals surface area contributed by atoms with Crippen molar-refractivity contribution in [2.24, 2.45) is 7.05 Å². The van der Waals surface area contributed by atoms with Crippen molar-refractivity contribution in [1.29, 1.82) is 0 Å². The number of hydrogen-bond acceptors (Lipinski definition) is 5. The Morgan fingerprint density at radius 3 is 3.00 bits per heavy atom. The number of rotatable bonds is 3. The fourth-order valence-electron chi connectivity index (χ4n) is 2.25. The lowest BCUT2D eigenvalue weighted by Gasteiger charge is -2.09. The molecule has 0 saturated heterocycles. The molecular formula is C11H15N7O2. The van der Waals surface area contributed by atoms with Crippen LogP contribution in [0.1, 0.15) is 18.7 Å². The molecule has 1 N–H and O–H groups in total. The first kappa shape index (κ1) is 12.6. The Morgan fingerprint density at radius 2 is 2.30 bits per heavy atom. The lowest BCUT2D eigenvalue weighted by Crippen LogP contribution is -2.31. The highest BCUT2D eigenvalue weighted by Gasteiger charge is 2.18. The number of amides is 1. The van der Waals surface area contributed by atoms with Gasteiger partial charge in [0.25, 0.3) is 0 Å². The van der Waals surface area contributed by atoms with Gasteiger partial charge >= 0.3 is 5.69 Å². The Hall–Kier alpha value is -2.45. The normalized spacial score (nSPS) is 14.1. The minimum absolute atomic E-state index is 0.119. The molecule has 0 spiro atoms. The van der Waals surface area contributed by atoms with E-state index in [4.69, 9.17) is 0 Å². The Kier molecular flexibility index (Phi) is 3.09. The van der Waals surface area contributed by atoms with E-state index >= 15 is 0 Å². The van der Waals surface area contributed by atoms with Crippen LogP contribution in [0.5, 0.6) is 0 Å². The van der Waals surface area contributed by atoms with E-state index in [1.165, 1.54) is 11.0 Å². The van der Waals surface area contributed by atoms with Gasteiger partial charge in [-0.25, -0.2) is 9.48 Å². The highest BCUT2D eigenvalue weighted by atomic mass is 16.2.